The highest BCUT2D eigenvalue weighted by molar-refractivity contribution is 6.83. The average molecular weight is 273 g/mol. The molecule has 0 saturated heterocycles. The van der Waals surface area contributed by atoms with Gasteiger partial charge in [-0.2, -0.15) is 0 Å². The van der Waals surface area contributed by atoms with Gasteiger partial charge in [0.15, 0.2) is 16.6 Å². The minimum absolute atomic E-state index is 0.00926. The zero-order chi connectivity index (χ0) is 13.3. The first kappa shape index (κ1) is 15.2. The fourth-order valence-electron chi connectivity index (χ4n) is 2.67. The second-order valence-electron chi connectivity index (χ2n) is 7.17. The van der Waals surface area contributed by atoms with E-state index in [9.17, 15) is 0 Å². The third-order valence-electron chi connectivity index (χ3n) is 2.86. The van der Waals surface area contributed by atoms with Gasteiger partial charge in [0.1, 0.15) is 0 Å². The lowest BCUT2D eigenvalue weighted by atomic mass is 10.1. The van der Waals surface area contributed by atoms with Gasteiger partial charge < -0.3 is 9.22 Å². The molecule has 3 atom stereocenters. The molecule has 0 aromatic rings. The fourth-order valence-corrected chi connectivity index (χ4v) is 10.0. The smallest absolute Gasteiger partial charge is 0.170 e. The van der Waals surface area contributed by atoms with E-state index in [0.717, 1.165) is 12.3 Å². The molecule has 0 heterocycles. The molecule has 0 aromatic carbocycles. The largest absolute Gasteiger partial charge is 0.456 e. The lowest BCUT2D eigenvalue weighted by molar-refractivity contribution is 0.148. The summed E-state index contributed by atoms with van der Waals surface area (Å²) >= 11 is 0. The average Bonchev–Trinajstić information content (AvgIpc) is 2.57. The van der Waals surface area contributed by atoms with E-state index in [0.29, 0.717) is 5.92 Å². The highest BCUT2D eigenvalue weighted by Crippen LogP contribution is 2.38. The minimum Gasteiger partial charge on any atom is -0.456 e. The Morgan fingerprint density at radius 1 is 0.941 bits per heavy atom. The Kier molecular flexibility index (Phi) is 4.80. The predicted octanol–water partition coefficient (Wildman–Crippen LogP) is 3.62. The summed E-state index contributed by atoms with van der Waals surface area (Å²) in [6.45, 7) is 13.4. The Morgan fingerprint density at radius 2 is 1.47 bits per heavy atom. The number of fused-ring (bicyclic) bond motifs is 2. The van der Waals surface area contributed by atoms with Crippen LogP contribution in [0.1, 0.15) is 12.8 Å². The summed E-state index contributed by atoms with van der Waals surface area (Å²) in [4.78, 5) is 0. The van der Waals surface area contributed by atoms with Crippen LogP contribution in [0.4, 0.5) is 0 Å². The molecule has 4 heteroatoms. The molecule has 0 aliphatic heterocycles. The van der Waals surface area contributed by atoms with E-state index in [1.54, 1.807) is 0 Å². The van der Waals surface area contributed by atoms with Gasteiger partial charge in [0.25, 0.3) is 0 Å². The van der Waals surface area contributed by atoms with E-state index in [4.69, 9.17) is 9.22 Å². The molecule has 0 spiro atoms. The van der Waals surface area contributed by atoms with Crippen LogP contribution in [0.15, 0.2) is 12.2 Å². The molecule has 2 nitrogen and oxygen atoms in total. The lowest BCUT2D eigenvalue weighted by Gasteiger charge is -2.27. The minimum atomic E-state index is -1.23. The molecule has 3 unspecified atom stereocenters. The predicted molar refractivity (Wildman–Crippen MR) is 79.1 cm³/mol. The van der Waals surface area contributed by atoms with Crippen LogP contribution in [0.3, 0.4) is 0 Å². The summed E-state index contributed by atoms with van der Waals surface area (Å²) in [5.41, 5.74) is 0. The van der Waals surface area contributed by atoms with Crippen LogP contribution in [0, 0.1) is 11.8 Å². The van der Waals surface area contributed by atoms with Crippen LogP contribution >= 0.6 is 0 Å². The van der Waals surface area contributed by atoms with Crippen molar-refractivity contribution in [2.75, 3.05) is 0 Å². The summed E-state index contributed by atoms with van der Waals surface area (Å²) < 4.78 is 5.90. The van der Waals surface area contributed by atoms with Gasteiger partial charge in [0.2, 0.25) is 0 Å². The van der Waals surface area contributed by atoms with Crippen molar-refractivity contribution in [3.8, 4) is 0 Å². The molecule has 100 valence electrons. The van der Waals surface area contributed by atoms with Gasteiger partial charge in [-0.15, -0.1) is 0 Å². The van der Waals surface area contributed by atoms with E-state index < -0.39 is 16.6 Å². The van der Waals surface area contributed by atoms with E-state index in [-0.39, 0.29) is 6.10 Å². The van der Waals surface area contributed by atoms with Crippen LogP contribution in [0.25, 0.3) is 0 Å². The van der Waals surface area contributed by atoms with Crippen LogP contribution in [0.2, 0.25) is 39.3 Å². The fraction of sp³-hybridized carbons (Fsp3) is 0.846. The van der Waals surface area contributed by atoms with Crippen molar-refractivity contribution in [3.63, 3.8) is 0 Å². The Morgan fingerprint density at radius 3 is 1.59 bits per heavy atom. The van der Waals surface area contributed by atoms with Gasteiger partial charge in [0, 0.05) is 5.92 Å². The Hall–Kier alpha value is 0.0938. The van der Waals surface area contributed by atoms with Crippen molar-refractivity contribution in [2.45, 2.75) is 58.2 Å². The third kappa shape index (κ3) is 5.99. The molecule has 1 saturated carbocycles. The van der Waals surface area contributed by atoms with E-state index >= 15 is 0 Å². The van der Waals surface area contributed by atoms with Crippen LogP contribution in [-0.4, -0.2) is 27.8 Å². The molecular weight excluding hydrogens is 244 g/mol. The molecule has 2 aliphatic carbocycles. The first-order valence-corrected chi connectivity index (χ1v) is 13.4. The van der Waals surface area contributed by atoms with Gasteiger partial charge in [0.05, 0.1) is 6.10 Å². The molecule has 2 bridgehead atoms. The van der Waals surface area contributed by atoms with Gasteiger partial charge >= 0.3 is 0 Å². The molecule has 0 radical (unpaired) electrons. The number of hydrogen-bond acceptors (Lipinski definition) is 2. The Bertz CT molecular complexity index is 264. The van der Waals surface area contributed by atoms with Crippen molar-refractivity contribution >= 4 is 16.6 Å². The quantitative estimate of drug-likeness (QED) is 0.614. The van der Waals surface area contributed by atoms with Gasteiger partial charge in [-0.1, -0.05) is 12.2 Å². The van der Waals surface area contributed by atoms with Crippen molar-refractivity contribution in [1.82, 2.24) is 0 Å². The number of hydrogen-bond donors (Lipinski definition) is 1. The molecular formula is C13H28O2Si2. The third-order valence-corrected chi connectivity index (χ3v) is 7.76. The van der Waals surface area contributed by atoms with E-state index in [1.165, 1.54) is 6.42 Å². The van der Waals surface area contributed by atoms with Crippen molar-refractivity contribution in [2.24, 2.45) is 11.8 Å². The molecule has 17 heavy (non-hydrogen) atoms. The zero-order valence-electron chi connectivity index (χ0n) is 12.2. The second kappa shape index (κ2) is 5.38. The standard InChI is InChI=1S/C7H10O.C6H18OSi2/c8-7-4-5-1-2-6(7)3-5;1-8(2,3)7-9(4,5)6/h1-2,5-8H,3-4H2;1-6H3. The maximum Gasteiger partial charge on any atom is 0.170 e. The SMILES string of the molecule is C[Si](C)(C)O[Si](C)(C)C.OC1CC2C=CC1C2. The Labute approximate surface area is 108 Å². The van der Waals surface area contributed by atoms with Crippen molar-refractivity contribution in [1.29, 1.82) is 0 Å². The summed E-state index contributed by atoms with van der Waals surface area (Å²) in [5.74, 6) is 1.23. The van der Waals surface area contributed by atoms with E-state index in [1.807, 2.05) is 0 Å². The van der Waals surface area contributed by atoms with Crippen LogP contribution in [-0.2, 0) is 4.12 Å². The summed E-state index contributed by atoms with van der Waals surface area (Å²) in [6.07, 6.45) is 6.60. The molecule has 1 fully saturated rings. The van der Waals surface area contributed by atoms with Crippen molar-refractivity contribution < 1.29 is 9.22 Å². The molecule has 1 N–H and O–H groups in total. The first-order chi connectivity index (χ1) is 7.57. The normalized spacial score (nSPS) is 31.4. The maximum atomic E-state index is 9.17. The maximum absolute atomic E-state index is 9.17. The number of aliphatic hydroxyl groups is 1. The van der Waals surface area contributed by atoms with Gasteiger partial charge in [-0.05, 0) is 58.0 Å². The molecule has 0 amide bonds. The summed E-state index contributed by atoms with van der Waals surface area (Å²) in [7, 11) is -2.46. The zero-order valence-corrected chi connectivity index (χ0v) is 14.2. The van der Waals surface area contributed by atoms with E-state index in [2.05, 4.69) is 51.4 Å². The van der Waals surface area contributed by atoms with Crippen molar-refractivity contribution in [3.05, 3.63) is 12.2 Å². The monoisotopic (exact) mass is 272 g/mol. The topological polar surface area (TPSA) is 29.5 Å². The summed E-state index contributed by atoms with van der Waals surface area (Å²) in [6, 6.07) is 0. The molecule has 2 rings (SSSR count). The highest BCUT2D eigenvalue weighted by atomic mass is 28.4. The second-order valence-corrected chi connectivity index (χ2v) is 16.4. The number of aliphatic hydroxyl groups excluding tert-OH is 1. The van der Waals surface area contributed by atoms with Gasteiger partial charge in [-0.3, -0.25) is 0 Å². The number of rotatable bonds is 2. The summed E-state index contributed by atoms with van der Waals surface area (Å²) in [5, 5.41) is 9.17. The Balaban J connectivity index is 0.000000170. The van der Waals surface area contributed by atoms with Crippen LogP contribution < -0.4 is 0 Å². The first-order valence-electron chi connectivity index (χ1n) is 6.63. The highest BCUT2D eigenvalue weighted by Gasteiger charge is 2.33. The van der Waals surface area contributed by atoms with Crippen LogP contribution in [0.5, 0.6) is 0 Å². The van der Waals surface area contributed by atoms with Gasteiger partial charge in [-0.25, -0.2) is 0 Å². The number of allylic oxidation sites excluding steroid dienone is 1. The lowest BCUT2D eigenvalue weighted by Crippen LogP contribution is -2.39. The molecule has 0 aromatic heterocycles. The molecule has 2 aliphatic rings.